The summed E-state index contributed by atoms with van der Waals surface area (Å²) in [5, 5.41) is 3.07. The van der Waals surface area contributed by atoms with Gasteiger partial charge in [0, 0.05) is 17.8 Å². The van der Waals surface area contributed by atoms with Crippen LogP contribution in [0.1, 0.15) is 18.4 Å². The van der Waals surface area contributed by atoms with Crippen molar-refractivity contribution in [1.29, 1.82) is 0 Å². The van der Waals surface area contributed by atoms with Gasteiger partial charge in [-0.25, -0.2) is 9.38 Å². The molecule has 4 rings (SSSR count). The molecule has 1 aliphatic heterocycles. The fourth-order valence-corrected chi connectivity index (χ4v) is 4.17. The summed E-state index contributed by atoms with van der Waals surface area (Å²) in [5.41, 5.74) is 15.9. The van der Waals surface area contributed by atoms with Gasteiger partial charge >= 0.3 is 0 Å². The van der Waals surface area contributed by atoms with E-state index in [9.17, 15) is 4.39 Å². The third-order valence-corrected chi connectivity index (χ3v) is 6.08. The van der Waals surface area contributed by atoms with Crippen molar-refractivity contribution in [2.45, 2.75) is 19.8 Å². The minimum absolute atomic E-state index is 0.194. The summed E-state index contributed by atoms with van der Waals surface area (Å²) in [6.07, 6.45) is 2.55. The SMILES string of the molecule is COc1ccc(F)c(-c2cc(N)c(N=C(N)Nc3ccc(OCCN4CCCC4)cc3)cc2C)c1. The van der Waals surface area contributed by atoms with Gasteiger partial charge in [0.25, 0.3) is 0 Å². The number of aryl methyl sites for hydroxylation is 1. The number of nitrogens with zero attached hydrogens (tertiary/aromatic N) is 2. The van der Waals surface area contributed by atoms with Crippen LogP contribution in [0, 0.1) is 12.7 Å². The van der Waals surface area contributed by atoms with Gasteiger partial charge in [0.1, 0.15) is 23.9 Å². The highest BCUT2D eigenvalue weighted by molar-refractivity contribution is 5.95. The summed E-state index contributed by atoms with van der Waals surface area (Å²) in [6, 6.07) is 15.7. The number of hydrogen-bond donors (Lipinski definition) is 3. The summed E-state index contributed by atoms with van der Waals surface area (Å²) in [5.74, 6) is 1.22. The highest BCUT2D eigenvalue weighted by atomic mass is 19.1. The number of benzene rings is 3. The zero-order valence-electron chi connectivity index (χ0n) is 20.2. The number of guanidine groups is 1. The van der Waals surface area contributed by atoms with Gasteiger partial charge in [0.15, 0.2) is 5.96 Å². The number of anilines is 2. The van der Waals surface area contributed by atoms with E-state index in [2.05, 4.69) is 15.2 Å². The summed E-state index contributed by atoms with van der Waals surface area (Å²) < 4.78 is 25.5. The van der Waals surface area contributed by atoms with Crippen LogP contribution in [0.2, 0.25) is 0 Å². The Morgan fingerprint density at radius 1 is 1.03 bits per heavy atom. The van der Waals surface area contributed by atoms with Gasteiger partial charge in [-0.3, -0.25) is 4.90 Å². The Morgan fingerprint density at radius 2 is 1.74 bits per heavy atom. The smallest absolute Gasteiger partial charge is 0.198 e. The molecule has 1 saturated heterocycles. The largest absolute Gasteiger partial charge is 0.497 e. The number of methoxy groups -OCH3 is 1. The second-order valence-corrected chi connectivity index (χ2v) is 8.62. The monoisotopic (exact) mass is 477 g/mol. The third-order valence-electron chi connectivity index (χ3n) is 6.08. The van der Waals surface area contributed by atoms with Crippen LogP contribution in [-0.2, 0) is 0 Å². The summed E-state index contributed by atoms with van der Waals surface area (Å²) >= 11 is 0. The predicted molar refractivity (Wildman–Crippen MR) is 140 cm³/mol. The molecule has 1 heterocycles. The number of ether oxygens (including phenoxy) is 2. The molecule has 3 aromatic rings. The molecule has 0 saturated carbocycles. The molecule has 0 radical (unpaired) electrons. The van der Waals surface area contributed by atoms with E-state index in [0.717, 1.165) is 36.6 Å². The van der Waals surface area contributed by atoms with Gasteiger partial charge in [-0.2, -0.15) is 0 Å². The van der Waals surface area contributed by atoms with E-state index in [-0.39, 0.29) is 11.8 Å². The fourth-order valence-electron chi connectivity index (χ4n) is 4.17. The Morgan fingerprint density at radius 3 is 2.46 bits per heavy atom. The minimum atomic E-state index is -0.353. The molecule has 3 aromatic carbocycles. The first-order chi connectivity index (χ1) is 16.9. The number of rotatable bonds is 8. The van der Waals surface area contributed by atoms with Crippen LogP contribution in [0.3, 0.4) is 0 Å². The average Bonchev–Trinajstić information content (AvgIpc) is 3.36. The van der Waals surface area contributed by atoms with Crippen LogP contribution in [-0.4, -0.2) is 44.2 Å². The van der Waals surface area contributed by atoms with Crippen molar-refractivity contribution in [3.05, 3.63) is 66.0 Å². The number of nitrogen functional groups attached to an aromatic ring is 1. The van der Waals surface area contributed by atoms with Gasteiger partial charge in [-0.05, 0) is 98.6 Å². The molecule has 0 aliphatic carbocycles. The lowest BCUT2D eigenvalue weighted by Gasteiger charge is -2.15. The van der Waals surface area contributed by atoms with Gasteiger partial charge in [-0.1, -0.05) is 0 Å². The quantitative estimate of drug-likeness (QED) is 0.242. The van der Waals surface area contributed by atoms with E-state index in [4.69, 9.17) is 20.9 Å². The molecule has 0 bridgehead atoms. The molecule has 0 unspecified atom stereocenters. The molecule has 7 nitrogen and oxygen atoms in total. The number of nitrogens with two attached hydrogens (primary N) is 2. The Balaban J connectivity index is 1.41. The summed E-state index contributed by atoms with van der Waals surface area (Å²) in [7, 11) is 1.54. The lowest BCUT2D eigenvalue weighted by atomic mass is 9.98. The minimum Gasteiger partial charge on any atom is -0.497 e. The lowest BCUT2D eigenvalue weighted by molar-refractivity contribution is 0.238. The number of hydrogen-bond acceptors (Lipinski definition) is 5. The Hall–Kier alpha value is -3.78. The van der Waals surface area contributed by atoms with Crippen LogP contribution < -0.4 is 26.3 Å². The zero-order valence-corrected chi connectivity index (χ0v) is 20.2. The van der Waals surface area contributed by atoms with Crippen LogP contribution in [0.15, 0.2) is 59.6 Å². The Kier molecular flexibility index (Phi) is 7.72. The zero-order chi connectivity index (χ0) is 24.8. The Labute approximate surface area is 205 Å². The fraction of sp³-hybridized carbons (Fsp3) is 0.296. The number of nitrogens with one attached hydrogen (secondary N) is 1. The van der Waals surface area contributed by atoms with Crippen molar-refractivity contribution >= 4 is 23.0 Å². The van der Waals surface area contributed by atoms with Crippen molar-refractivity contribution < 1.29 is 13.9 Å². The normalized spacial score (nSPS) is 14.2. The van der Waals surface area contributed by atoms with Crippen LogP contribution in [0.5, 0.6) is 11.5 Å². The van der Waals surface area contributed by atoms with Gasteiger partial charge in [0.2, 0.25) is 0 Å². The standard InChI is InChI=1S/C27H32FN5O2/c1-18-15-26(25(29)17-22(18)23-16-21(34-2)9-10-24(23)28)32-27(30)31-19-5-7-20(8-6-19)35-14-13-33-11-3-4-12-33/h5-10,15-17H,3-4,11-14,29H2,1-2H3,(H3,30,31,32). The molecule has 1 fully saturated rings. The maximum atomic E-state index is 14.5. The van der Waals surface area contributed by atoms with Crippen LogP contribution >= 0.6 is 0 Å². The summed E-state index contributed by atoms with van der Waals surface area (Å²) in [6.45, 7) is 5.82. The molecule has 8 heteroatoms. The van der Waals surface area contributed by atoms with Crippen molar-refractivity contribution in [3.8, 4) is 22.6 Å². The topological polar surface area (TPSA) is 98.1 Å². The number of halogens is 1. The maximum absolute atomic E-state index is 14.5. The highest BCUT2D eigenvalue weighted by Gasteiger charge is 2.13. The molecule has 5 N–H and O–H groups in total. The van der Waals surface area contributed by atoms with E-state index < -0.39 is 0 Å². The second kappa shape index (κ2) is 11.1. The number of aliphatic imine (C=N–C) groups is 1. The predicted octanol–water partition coefficient (Wildman–Crippen LogP) is 4.92. The third kappa shape index (κ3) is 6.22. The van der Waals surface area contributed by atoms with E-state index in [1.165, 1.54) is 18.9 Å². The van der Waals surface area contributed by atoms with Crippen molar-refractivity contribution in [2.24, 2.45) is 10.7 Å². The molecular weight excluding hydrogens is 445 g/mol. The molecule has 1 aliphatic rings. The lowest BCUT2D eigenvalue weighted by Crippen LogP contribution is -2.25. The first-order valence-corrected chi connectivity index (χ1v) is 11.7. The molecule has 0 aromatic heterocycles. The van der Waals surface area contributed by atoms with Crippen molar-refractivity contribution in [1.82, 2.24) is 4.90 Å². The van der Waals surface area contributed by atoms with Gasteiger partial charge in [0.05, 0.1) is 18.5 Å². The van der Waals surface area contributed by atoms with Crippen LogP contribution in [0.4, 0.5) is 21.5 Å². The molecule has 0 amide bonds. The maximum Gasteiger partial charge on any atom is 0.198 e. The molecule has 184 valence electrons. The average molecular weight is 478 g/mol. The van der Waals surface area contributed by atoms with Crippen LogP contribution in [0.25, 0.3) is 11.1 Å². The van der Waals surface area contributed by atoms with E-state index >= 15 is 0 Å². The first kappa shape index (κ1) is 24.3. The highest BCUT2D eigenvalue weighted by Crippen LogP contribution is 2.35. The van der Waals surface area contributed by atoms with Crippen molar-refractivity contribution in [3.63, 3.8) is 0 Å². The number of likely N-dealkylation sites (tertiary alicyclic amines) is 1. The molecular formula is C27H32FN5O2. The van der Waals surface area contributed by atoms with Gasteiger partial charge < -0.3 is 26.3 Å². The van der Waals surface area contributed by atoms with E-state index in [1.54, 1.807) is 31.4 Å². The molecule has 35 heavy (non-hydrogen) atoms. The first-order valence-electron chi connectivity index (χ1n) is 11.7. The van der Waals surface area contributed by atoms with E-state index in [1.807, 2.05) is 31.2 Å². The summed E-state index contributed by atoms with van der Waals surface area (Å²) in [4.78, 5) is 6.84. The molecule has 0 spiro atoms. The molecule has 0 atom stereocenters. The van der Waals surface area contributed by atoms with Crippen molar-refractivity contribution in [2.75, 3.05) is 44.4 Å². The van der Waals surface area contributed by atoms with Gasteiger partial charge in [-0.15, -0.1) is 0 Å². The Bertz CT molecular complexity index is 1190. The second-order valence-electron chi connectivity index (χ2n) is 8.62. The van der Waals surface area contributed by atoms with E-state index in [0.29, 0.717) is 34.9 Å².